The van der Waals surface area contributed by atoms with Crippen molar-refractivity contribution in [3.8, 4) is 0 Å². The number of unbranched alkanes of at least 4 members (excludes halogenated alkanes) is 2. The third-order valence-corrected chi connectivity index (χ3v) is 3.65. The molecule has 4 heteroatoms. The first kappa shape index (κ1) is 15.0. The van der Waals surface area contributed by atoms with Crippen molar-refractivity contribution in [3.63, 3.8) is 0 Å². The molecule has 1 aromatic rings. The molecule has 0 heterocycles. The van der Waals surface area contributed by atoms with Crippen LogP contribution in [0.2, 0.25) is 0 Å². The van der Waals surface area contributed by atoms with E-state index in [9.17, 15) is 14.7 Å². The van der Waals surface area contributed by atoms with E-state index >= 15 is 0 Å². The van der Waals surface area contributed by atoms with Gasteiger partial charge in [0, 0.05) is 17.6 Å². The molecule has 0 fully saturated rings. The lowest BCUT2D eigenvalue weighted by Gasteiger charge is -2.28. The van der Waals surface area contributed by atoms with Crippen LogP contribution in [0, 0.1) is 0 Å². The van der Waals surface area contributed by atoms with Crippen LogP contribution >= 0.6 is 0 Å². The van der Waals surface area contributed by atoms with Gasteiger partial charge in [0.15, 0.2) is 5.78 Å². The third-order valence-electron chi connectivity index (χ3n) is 3.65. The highest BCUT2D eigenvalue weighted by Gasteiger charge is 2.23. The largest absolute Gasteiger partial charge is 0.872 e. The summed E-state index contributed by atoms with van der Waals surface area (Å²) >= 11 is 0. The first-order valence-electron chi connectivity index (χ1n) is 6.97. The maximum Gasteiger partial charge on any atom is 0.303 e. The van der Waals surface area contributed by atoms with Crippen molar-refractivity contribution >= 4 is 17.5 Å². The number of aliphatic carboxylic acids is 1. The van der Waals surface area contributed by atoms with Crippen LogP contribution in [0.4, 0.5) is 0 Å². The number of carbonyl (C=O) groups is 2. The molecule has 0 aromatic heterocycles. The molecule has 4 nitrogen and oxygen atoms in total. The van der Waals surface area contributed by atoms with Crippen LogP contribution < -0.4 is 5.11 Å². The Balaban J connectivity index is 2.10. The van der Waals surface area contributed by atoms with E-state index in [0.717, 1.165) is 0 Å². The fraction of sp³-hybridized carbons (Fsp3) is 0.294. The van der Waals surface area contributed by atoms with Gasteiger partial charge in [0.1, 0.15) is 0 Å². The molecule has 0 bridgehead atoms. The van der Waals surface area contributed by atoms with Gasteiger partial charge in [-0.1, -0.05) is 43.0 Å². The fourth-order valence-corrected chi connectivity index (χ4v) is 2.50. The van der Waals surface area contributed by atoms with Crippen molar-refractivity contribution < 1.29 is 19.8 Å². The molecule has 1 aliphatic rings. The molecule has 1 N–H and O–H groups in total. The molecule has 0 saturated heterocycles. The second-order valence-corrected chi connectivity index (χ2v) is 5.12. The summed E-state index contributed by atoms with van der Waals surface area (Å²) in [5, 5.41) is 21.0. The van der Waals surface area contributed by atoms with E-state index in [-0.39, 0.29) is 23.5 Å². The number of hydrogen-bond acceptors (Lipinski definition) is 3. The van der Waals surface area contributed by atoms with Gasteiger partial charge in [-0.25, -0.2) is 0 Å². The maximum absolute atomic E-state index is 12.4. The highest BCUT2D eigenvalue weighted by Crippen LogP contribution is 2.33. The highest BCUT2D eigenvalue weighted by molar-refractivity contribution is 6.16. The summed E-state index contributed by atoms with van der Waals surface area (Å²) < 4.78 is 0. The van der Waals surface area contributed by atoms with Crippen molar-refractivity contribution in [3.05, 3.63) is 53.1 Å². The topological polar surface area (TPSA) is 77.4 Å². The van der Waals surface area contributed by atoms with Crippen LogP contribution in [0.1, 0.15) is 48.0 Å². The first-order valence-corrected chi connectivity index (χ1v) is 6.97. The van der Waals surface area contributed by atoms with Crippen molar-refractivity contribution in [2.45, 2.75) is 32.1 Å². The van der Waals surface area contributed by atoms with Crippen molar-refractivity contribution in [2.24, 2.45) is 0 Å². The minimum Gasteiger partial charge on any atom is -0.872 e. The Morgan fingerprint density at radius 1 is 1.14 bits per heavy atom. The minimum absolute atomic E-state index is 0.131. The summed E-state index contributed by atoms with van der Waals surface area (Å²) in [5.41, 5.74) is 1.60. The Kier molecular flexibility index (Phi) is 4.58. The molecule has 0 unspecified atom stereocenters. The van der Waals surface area contributed by atoms with E-state index in [1.54, 1.807) is 24.3 Å². The maximum atomic E-state index is 12.4. The van der Waals surface area contributed by atoms with Gasteiger partial charge in [-0.3, -0.25) is 9.59 Å². The summed E-state index contributed by atoms with van der Waals surface area (Å²) in [7, 11) is 0. The Morgan fingerprint density at radius 3 is 2.48 bits per heavy atom. The minimum atomic E-state index is -0.815. The molecule has 1 aliphatic carbocycles. The number of rotatable bonds is 6. The molecule has 0 spiro atoms. The van der Waals surface area contributed by atoms with Crippen LogP contribution in [0.3, 0.4) is 0 Å². The normalized spacial score (nSPS) is 14.3. The third kappa shape index (κ3) is 3.21. The number of allylic oxidation sites excluding steroid dienone is 2. The number of ketones is 1. The molecule has 0 radical (unpaired) electrons. The van der Waals surface area contributed by atoms with Crippen LogP contribution in [0.25, 0.3) is 5.76 Å². The van der Waals surface area contributed by atoms with Crippen LogP contribution in [-0.4, -0.2) is 16.9 Å². The van der Waals surface area contributed by atoms with E-state index in [1.165, 1.54) is 0 Å². The molecule has 1 aromatic carbocycles. The zero-order valence-corrected chi connectivity index (χ0v) is 11.7. The van der Waals surface area contributed by atoms with Gasteiger partial charge in [-0.05, 0) is 30.4 Å². The SMILES string of the molecule is C=C1C(=O)c2ccccc2C([O-])=C1CCCCCC(=O)O. The Hall–Kier alpha value is -2.36. The van der Waals surface area contributed by atoms with Crippen molar-refractivity contribution in [1.29, 1.82) is 0 Å². The molecule has 21 heavy (non-hydrogen) atoms. The van der Waals surface area contributed by atoms with Gasteiger partial charge < -0.3 is 10.2 Å². The Labute approximate surface area is 123 Å². The summed E-state index contributed by atoms with van der Waals surface area (Å²) in [6, 6.07) is 6.77. The van der Waals surface area contributed by atoms with Gasteiger partial charge in [0.25, 0.3) is 0 Å². The molecular weight excluding hydrogens is 268 g/mol. The zero-order valence-electron chi connectivity index (χ0n) is 11.7. The standard InChI is InChI=1S/C17H18O4/c1-11-12(7-3-2-4-10-15(18)19)17(21)14-9-6-5-8-13(14)16(11)20/h5-6,8-9,21H,1-4,7,10H2,(H,18,19)/p-1. The number of fused-ring (bicyclic) bond motifs is 1. The van der Waals surface area contributed by atoms with Gasteiger partial charge in [0.05, 0.1) is 0 Å². The number of hydrogen-bond donors (Lipinski definition) is 1. The van der Waals surface area contributed by atoms with E-state index in [2.05, 4.69) is 6.58 Å². The van der Waals surface area contributed by atoms with Crippen molar-refractivity contribution in [2.75, 3.05) is 0 Å². The zero-order chi connectivity index (χ0) is 15.4. The number of carbonyl (C=O) groups excluding carboxylic acids is 1. The molecule has 0 saturated carbocycles. The molecule has 2 rings (SSSR count). The summed E-state index contributed by atoms with van der Waals surface area (Å²) in [6.45, 7) is 3.75. The van der Waals surface area contributed by atoms with Crippen LogP contribution in [-0.2, 0) is 4.79 Å². The second-order valence-electron chi connectivity index (χ2n) is 5.12. The predicted octanol–water partition coefficient (Wildman–Crippen LogP) is 2.55. The predicted molar refractivity (Wildman–Crippen MR) is 77.6 cm³/mol. The molecule has 0 aliphatic heterocycles. The van der Waals surface area contributed by atoms with Gasteiger partial charge >= 0.3 is 5.97 Å². The summed E-state index contributed by atoms with van der Waals surface area (Å²) in [6.07, 6.45) is 2.58. The van der Waals surface area contributed by atoms with Crippen molar-refractivity contribution in [1.82, 2.24) is 0 Å². The molecule has 110 valence electrons. The average Bonchev–Trinajstić information content (AvgIpc) is 2.47. The average molecular weight is 285 g/mol. The van der Waals surface area contributed by atoms with Gasteiger partial charge in [-0.15, -0.1) is 0 Å². The Morgan fingerprint density at radius 2 is 1.81 bits per heavy atom. The fourth-order valence-electron chi connectivity index (χ4n) is 2.50. The summed E-state index contributed by atoms with van der Waals surface area (Å²) in [5.74, 6) is -1.14. The number of benzene rings is 1. The van der Waals surface area contributed by atoms with Crippen LogP contribution in [0.5, 0.6) is 0 Å². The van der Waals surface area contributed by atoms with E-state index in [1.807, 2.05) is 0 Å². The smallest absolute Gasteiger partial charge is 0.303 e. The number of Topliss-reactive ketones (excluding diaryl/α,β-unsaturated/α-hetero) is 1. The van der Waals surface area contributed by atoms with Crippen LogP contribution in [0.15, 0.2) is 42.0 Å². The van der Waals surface area contributed by atoms with E-state index in [0.29, 0.717) is 42.4 Å². The highest BCUT2D eigenvalue weighted by atomic mass is 16.4. The summed E-state index contributed by atoms with van der Waals surface area (Å²) in [4.78, 5) is 22.6. The van der Waals surface area contributed by atoms with E-state index < -0.39 is 5.97 Å². The van der Waals surface area contributed by atoms with Gasteiger partial charge in [-0.2, -0.15) is 0 Å². The Bertz CT molecular complexity index is 625. The molecule has 0 atom stereocenters. The lowest BCUT2D eigenvalue weighted by atomic mass is 9.84. The van der Waals surface area contributed by atoms with Gasteiger partial charge in [0.2, 0.25) is 0 Å². The lowest BCUT2D eigenvalue weighted by Crippen LogP contribution is -2.20. The van der Waals surface area contributed by atoms with E-state index in [4.69, 9.17) is 5.11 Å². The molecule has 0 amide bonds. The number of carboxylic acid groups (broad SMARTS) is 1. The quantitative estimate of drug-likeness (QED) is 0.643. The first-order chi connectivity index (χ1) is 10.0. The second kappa shape index (κ2) is 6.39. The number of carboxylic acids is 1. The monoisotopic (exact) mass is 285 g/mol. The lowest BCUT2D eigenvalue weighted by molar-refractivity contribution is -0.245. The molecular formula is C17H17O4-.